The van der Waals surface area contributed by atoms with Crippen molar-refractivity contribution in [3.63, 3.8) is 0 Å². The maximum absolute atomic E-state index is 12.2. The zero-order valence-corrected chi connectivity index (χ0v) is 14.8. The second kappa shape index (κ2) is 9.11. The fourth-order valence-corrected chi connectivity index (χ4v) is 2.67. The molecule has 5 nitrogen and oxygen atoms in total. The highest BCUT2D eigenvalue weighted by Gasteiger charge is 2.18. The van der Waals surface area contributed by atoms with E-state index in [1.54, 1.807) is 6.07 Å². The van der Waals surface area contributed by atoms with Gasteiger partial charge in [0.15, 0.2) is 0 Å². The van der Waals surface area contributed by atoms with Gasteiger partial charge in [-0.1, -0.05) is 17.7 Å². The van der Waals surface area contributed by atoms with Gasteiger partial charge < -0.3 is 19.4 Å². The molecule has 128 valence electrons. The van der Waals surface area contributed by atoms with Crippen LogP contribution in [0.1, 0.15) is 6.42 Å². The Kier molecular flexibility index (Phi) is 7.15. The average Bonchev–Trinajstić information content (AvgIpc) is 2.53. The Morgan fingerprint density at radius 2 is 2.00 bits per heavy atom. The van der Waals surface area contributed by atoms with E-state index < -0.39 is 0 Å². The first-order valence-electron chi connectivity index (χ1n) is 8.08. The second-order valence-corrected chi connectivity index (χ2v) is 6.48. The summed E-state index contributed by atoms with van der Waals surface area (Å²) < 4.78 is 5.67. The highest BCUT2D eigenvalue weighted by Crippen LogP contribution is 2.16. The molecule has 6 heteroatoms. The molecular weight excluding hydrogens is 314 g/mol. The molecule has 0 radical (unpaired) electrons. The summed E-state index contributed by atoms with van der Waals surface area (Å²) in [5, 5.41) is 0.675. The van der Waals surface area contributed by atoms with Crippen LogP contribution < -0.4 is 4.74 Å². The minimum absolute atomic E-state index is 0.251. The number of likely N-dealkylation sites (N-methyl/N-ethyl adjacent to an activating group) is 2. The molecule has 1 heterocycles. The summed E-state index contributed by atoms with van der Waals surface area (Å²) in [6.07, 6.45) is 0.567. The molecular formula is C17H26ClN3O2. The van der Waals surface area contributed by atoms with E-state index in [0.717, 1.165) is 45.0 Å². The van der Waals surface area contributed by atoms with Crippen LogP contribution in [-0.2, 0) is 4.79 Å². The summed E-state index contributed by atoms with van der Waals surface area (Å²) in [4.78, 5) is 18.5. The smallest absolute Gasteiger partial charge is 0.223 e. The summed E-state index contributed by atoms with van der Waals surface area (Å²) in [6, 6.07) is 7.39. The Labute approximate surface area is 143 Å². The van der Waals surface area contributed by atoms with Gasteiger partial charge in [-0.3, -0.25) is 4.79 Å². The lowest BCUT2D eigenvalue weighted by Crippen LogP contribution is -2.47. The topological polar surface area (TPSA) is 36.0 Å². The van der Waals surface area contributed by atoms with E-state index in [0.29, 0.717) is 18.1 Å². The molecule has 0 atom stereocenters. The average molecular weight is 340 g/mol. The van der Waals surface area contributed by atoms with Crippen molar-refractivity contribution in [2.24, 2.45) is 0 Å². The lowest BCUT2D eigenvalue weighted by Gasteiger charge is -2.32. The Morgan fingerprint density at radius 1 is 1.26 bits per heavy atom. The summed E-state index contributed by atoms with van der Waals surface area (Å²) in [5.74, 6) is 1.03. The third-order valence-electron chi connectivity index (χ3n) is 4.10. The minimum atomic E-state index is 0.251. The first-order valence-corrected chi connectivity index (χ1v) is 8.45. The van der Waals surface area contributed by atoms with Crippen molar-refractivity contribution in [1.82, 2.24) is 14.7 Å². The zero-order chi connectivity index (χ0) is 16.7. The quantitative estimate of drug-likeness (QED) is 0.759. The fraction of sp³-hybridized carbons (Fsp3) is 0.588. The summed E-state index contributed by atoms with van der Waals surface area (Å²) in [7, 11) is 4.11. The third-order valence-corrected chi connectivity index (χ3v) is 4.34. The van der Waals surface area contributed by atoms with Gasteiger partial charge in [0, 0.05) is 50.7 Å². The van der Waals surface area contributed by atoms with E-state index in [4.69, 9.17) is 16.3 Å². The molecule has 1 aliphatic heterocycles. The van der Waals surface area contributed by atoms with E-state index in [1.807, 2.05) is 30.1 Å². The third kappa shape index (κ3) is 6.37. The van der Waals surface area contributed by atoms with Crippen LogP contribution in [0.4, 0.5) is 0 Å². The molecule has 1 amide bonds. The molecule has 1 aliphatic rings. The first kappa shape index (κ1) is 18.0. The van der Waals surface area contributed by atoms with Gasteiger partial charge in [-0.05, 0) is 32.3 Å². The molecule has 0 saturated carbocycles. The maximum Gasteiger partial charge on any atom is 0.223 e. The van der Waals surface area contributed by atoms with Crippen molar-refractivity contribution < 1.29 is 9.53 Å². The van der Waals surface area contributed by atoms with Gasteiger partial charge in [-0.25, -0.2) is 0 Å². The maximum atomic E-state index is 12.2. The number of amides is 1. The Balaban J connectivity index is 1.61. The predicted octanol–water partition coefficient (Wildman–Crippen LogP) is 1.81. The van der Waals surface area contributed by atoms with Crippen molar-refractivity contribution in [1.29, 1.82) is 0 Å². The van der Waals surface area contributed by atoms with E-state index in [-0.39, 0.29) is 5.91 Å². The van der Waals surface area contributed by atoms with Crippen LogP contribution in [0.25, 0.3) is 0 Å². The number of nitrogens with zero attached hydrogens (tertiary/aromatic N) is 3. The van der Waals surface area contributed by atoms with Crippen molar-refractivity contribution >= 4 is 17.5 Å². The van der Waals surface area contributed by atoms with Crippen molar-refractivity contribution in [2.75, 3.05) is 60.0 Å². The van der Waals surface area contributed by atoms with Gasteiger partial charge in [-0.15, -0.1) is 0 Å². The monoisotopic (exact) mass is 339 g/mol. The van der Waals surface area contributed by atoms with Crippen molar-refractivity contribution in [3.8, 4) is 5.75 Å². The number of carbonyl (C=O) groups is 1. The van der Waals surface area contributed by atoms with Crippen molar-refractivity contribution in [3.05, 3.63) is 29.3 Å². The van der Waals surface area contributed by atoms with E-state index >= 15 is 0 Å². The number of hydrogen-bond acceptors (Lipinski definition) is 4. The Bertz CT molecular complexity index is 504. The SMILES string of the molecule is CN(CCOc1cccc(Cl)c1)CCC(=O)N1CCN(C)CC1. The second-order valence-electron chi connectivity index (χ2n) is 6.04. The minimum Gasteiger partial charge on any atom is -0.492 e. The molecule has 2 rings (SSSR count). The van der Waals surface area contributed by atoms with Crippen LogP contribution in [0.5, 0.6) is 5.75 Å². The van der Waals surface area contributed by atoms with Gasteiger partial charge in [0.05, 0.1) is 0 Å². The van der Waals surface area contributed by atoms with Crippen LogP contribution in [0.15, 0.2) is 24.3 Å². The van der Waals surface area contributed by atoms with E-state index in [9.17, 15) is 4.79 Å². The molecule has 1 aromatic carbocycles. The molecule has 1 saturated heterocycles. The van der Waals surface area contributed by atoms with Crippen molar-refractivity contribution in [2.45, 2.75) is 6.42 Å². The van der Waals surface area contributed by atoms with Gasteiger partial charge in [0.2, 0.25) is 5.91 Å². The standard InChI is InChI=1S/C17H26ClN3O2/c1-19(12-13-23-16-5-3-4-15(18)14-16)7-6-17(22)21-10-8-20(2)9-11-21/h3-5,14H,6-13H2,1-2H3. The number of ether oxygens (including phenoxy) is 1. The molecule has 0 spiro atoms. The van der Waals surface area contributed by atoms with Crippen LogP contribution in [0.2, 0.25) is 5.02 Å². The largest absolute Gasteiger partial charge is 0.492 e. The normalized spacial score (nSPS) is 15.9. The van der Waals surface area contributed by atoms with Gasteiger partial charge in [-0.2, -0.15) is 0 Å². The predicted molar refractivity (Wildman–Crippen MR) is 93.1 cm³/mol. The van der Waals surface area contributed by atoms with E-state index in [2.05, 4.69) is 16.8 Å². The lowest BCUT2D eigenvalue weighted by atomic mass is 10.3. The molecule has 1 aromatic rings. The van der Waals surface area contributed by atoms with Crippen LogP contribution in [0, 0.1) is 0 Å². The number of piperazine rings is 1. The van der Waals surface area contributed by atoms with Gasteiger partial charge in [0.1, 0.15) is 12.4 Å². The fourth-order valence-electron chi connectivity index (χ4n) is 2.49. The van der Waals surface area contributed by atoms with Gasteiger partial charge in [0.25, 0.3) is 0 Å². The lowest BCUT2D eigenvalue weighted by molar-refractivity contribution is -0.133. The number of hydrogen-bond donors (Lipinski definition) is 0. The Morgan fingerprint density at radius 3 is 2.70 bits per heavy atom. The number of rotatable bonds is 7. The molecule has 0 aliphatic carbocycles. The molecule has 0 aromatic heterocycles. The first-order chi connectivity index (χ1) is 11.0. The number of benzene rings is 1. The molecule has 0 bridgehead atoms. The van der Waals surface area contributed by atoms with Crippen LogP contribution in [0.3, 0.4) is 0 Å². The summed E-state index contributed by atoms with van der Waals surface area (Å²) in [6.45, 7) is 5.74. The number of halogens is 1. The van der Waals surface area contributed by atoms with E-state index in [1.165, 1.54) is 0 Å². The Hall–Kier alpha value is -1.30. The molecule has 23 heavy (non-hydrogen) atoms. The summed E-state index contributed by atoms with van der Waals surface area (Å²) in [5.41, 5.74) is 0. The molecule has 0 N–H and O–H groups in total. The van der Waals surface area contributed by atoms with Crippen LogP contribution >= 0.6 is 11.6 Å². The van der Waals surface area contributed by atoms with Gasteiger partial charge >= 0.3 is 0 Å². The van der Waals surface area contributed by atoms with Crippen LogP contribution in [-0.4, -0.2) is 80.6 Å². The summed E-state index contributed by atoms with van der Waals surface area (Å²) >= 11 is 5.92. The number of carbonyl (C=O) groups excluding carboxylic acids is 1. The highest BCUT2D eigenvalue weighted by molar-refractivity contribution is 6.30. The molecule has 0 unspecified atom stereocenters. The zero-order valence-electron chi connectivity index (χ0n) is 14.0. The molecule has 1 fully saturated rings. The highest BCUT2D eigenvalue weighted by atomic mass is 35.5.